The molecule has 0 bridgehead atoms. The minimum Gasteiger partial charge on any atom is -0.507 e. The highest BCUT2D eigenvalue weighted by molar-refractivity contribution is 6.00. The maximum absolute atomic E-state index is 12.9. The number of benzene rings is 1. The van der Waals surface area contributed by atoms with Crippen molar-refractivity contribution < 1.29 is 24.2 Å². The lowest BCUT2D eigenvalue weighted by molar-refractivity contribution is -0.147. The molecule has 2 rings (SSSR count). The minimum atomic E-state index is -1.28. The third-order valence-electron chi connectivity index (χ3n) is 3.54. The number of aromatic hydroxyl groups is 1. The molecule has 0 aliphatic carbocycles. The van der Waals surface area contributed by atoms with Crippen LogP contribution in [0.2, 0.25) is 0 Å². The van der Waals surface area contributed by atoms with E-state index in [1.54, 1.807) is 0 Å². The number of aliphatic carboxylic acids is 1. The van der Waals surface area contributed by atoms with Crippen LogP contribution in [0.1, 0.15) is 30.1 Å². The molecule has 1 aromatic carbocycles. The van der Waals surface area contributed by atoms with Crippen molar-refractivity contribution in [2.24, 2.45) is 0 Å². The van der Waals surface area contributed by atoms with Crippen molar-refractivity contribution in [1.82, 2.24) is 4.90 Å². The van der Waals surface area contributed by atoms with Crippen LogP contribution in [-0.2, 0) is 4.79 Å². The van der Waals surface area contributed by atoms with Crippen LogP contribution in [0.5, 0.6) is 5.75 Å². The van der Waals surface area contributed by atoms with Gasteiger partial charge >= 0.3 is 5.97 Å². The van der Waals surface area contributed by atoms with Gasteiger partial charge in [0.05, 0.1) is 5.56 Å². The van der Waals surface area contributed by atoms with Gasteiger partial charge in [-0.05, 0) is 31.9 Å². The normalized spacial score (nSPS) is 22.5. The number of rotatable bonds is 2. The molecule has 0 spiro atoms. The maximum atomic E-state index is 12.9. The third kappa shape index (κ3) is 2.14. The van der Waals surface area contributed by atoms with E-state index in [-0.39, 0.29) is 5.56 Å². The number of carboxylic acid groups (broad SMARTS) is 1. The fraction of sp³-hybridized carbons (Fsp3) is 0.385. The van der Waals surface area contributed by atoms with Crippen LogP contribution in [0.25, 0.3) is 0 Å². The molecular weight excluding hydrogens is 253 g/mol. The Bertz CT molecular complexity index is 545. The molecule has 0 aromatic heterocycles. The Labute approximate surface area is 109 Å². The summed E-state index contributed by atoms with van der Waals surface area (Å²) in [6, 6.07) is 3.05. The van der Waals surface area contributed by atoms with Crippen molar-refractivity contribution in [3.8, 4) is 5.75 Å². The molecule has 102 valence electrons. The second kappa shape index (κ2) is 4.53. The lowest BCUT2D eigenvalue weighted by atomic mass is 9.98. The Morgan fingerprint density at radius 1 is 1.42 bits per heavy atom. The summed E-state index contributed by atoms with van der Waals surface area (Å²) >= 11 is 0. The van der Waals surface area contributed by atoms with E-state index in [0.717, 1.165) is 18.2 Å². The van der Waals surface area contributed by atoms with E-state index in [4.69, 9.17) is 0 Å². The summed E-state index contributed by atoms with van der Waals surface area (Å²) in [6.07, 6.45) is 0.937. The van der Waals surface area contributed by atoms with E-state index >= 15 is 0 Å². The number of likely N-dealkylation sites (tertiary alicyclic amines) is 1. The first-order valence-electron chi connectivity index (χ1n) is 5.90. The van der Waals surface area contributed by atoms with Crippen LogP contribution in [0.15, 0.2) is 18.2 Å². The van der Waals surface area contributed by atoms with E-state index in [2.05, 4.69) is 0 Å². The molecule has 1 atom stereocenters. The molecule has 0 saturated carbocycles. The van der Waals surface area contributed by atoms with Gasteiger partial charge in [-0.1, -0.05) is 0 Å². The number of hydrogen-bond acceptors (Lipinski definition) is 3. The predicted molar refractivity (Wildman–Crippen MR) is 64.4 cm³/mol. The van der Waals surface area contributed by atoms with Crippen molar-refractivity contribution in [3.63, 3.8) is 0 Å². The molecule has 1 aromatic rings. The van der Waals surface area contributed by atoms with Gasteiger partial charge in [-0.15, -0.1) is 0 Å². The van der Waals surface area contributed by atoms with Crippen LogP contribution in [0.4, 0.5) is 4.39 Å². The highest BCUT2D eigenvalue weighted by Crippen LogP contribution is 2.32. The summed E-state index contributed by atoms with van der Waals surface area (Å²) < 4.78 is 12.9. The van der Waals surface area contributed by atoms with Gasteiger partial charge in [-0.3, -0.25) is 4.79 Å². The van der Waals surface area contributed by atoms with Crippen LogP contribution < -0.4 is 0 Å². The van der Waals surface area contributed by atoms with E-state index in [1.807, 2.05) is 0 Å². The molecule has 1 amide bonds. The summed E-state index contributed by atoms with van der Waals surface area (Å²) in [5, 5.41) is 18.8. The largest absolute Gasteiger partial charge is 0.507 e. The molecule has 1 aliphatic heterocycles. The minimum absolute atomic E-state index is 0.0872. The summed E-state index contributed by atoms with van der Waals surface area (Å²) in [5.74, 6) is -2.82. The quantitative estimate of drug-likeness (QED) is 0.853. The lowest BCUT2D eigenvalue weighted by Gasteiger charge is -2.31. The standard InChI is InChI=1S/C13H14FNO4/c1-13(12(18)19)5-2-6-15(13)11(17)9-4-3-8(14)7-10(9)16/h3-4,7,16H,2,5-6H2,1H3,(H,18,19). The monoisotopic (exact) mass is 267 g/mol. The average Bonchev–Trinajstić information content (AvgIpc) is 2.72. The SMILES string of the molecule is CC1(C(=O)O)CCCN1C(=O)c1ccc(F)cc1O. The molecule has 0 radical (unpaired) electrons. The maximum Gasteiger partial charge on any atom is 0.329 e. The zero-order valence-electron chi connectivity index (χ0n) is 10.4. The van der Waals surface area contributed by atoms with E-state index in [1.165, 1.54) is 11.8 Å². The fourth-order valence-electron chi connectivity index (χ4n) is 2.34. The fourth-order valence-corrected chi connectivity index (χ4v) is 2.34. The van der Waals surface area contributed by atoms with Gasteiger partial charge in [-0.25, -0.2) is 9.18 Å². The molecule has 6 heteroatoms. The van der Waals surface area contributed by atoms with Crippen molar-refractivity contribution in [2.45, 2.75) is 25.3 Å². The zero-order valence-corrected chi connectivity index (χ0v) is 10.4. The van der Waals surface area contributed by atoms with Crippen molar-refractivity contribution in [2.75, 3.05) is 6.54 Å². The van der Waals surface area contributed by atoms with Gasteiger partial charge < -0.3 is 15.1 Å². The van der Waals surface area contributed by atoms with Crippen molar-refractivity contribution in [3.05, 3.63) is 29.6 Å². The highest BCUT2D eigenvalue weighted by Gasteiger charge is 2.46. The number of carbonyl (C=O) groups excluding carboxylic acids is 1. The Morgan fingerprint density at radius 2 is 2.11 bits per heavy atom. The summed E-state index contributed by atoms with van der Waals surface area (Å²) in [7, 11) is 0. The summed E-state index contributed by atoms with van der Waals surface area (Å²) in [6.45, 7) is 1.78. The number of amides is 1. The van der Waals surface area contributed by atoms with Crippen molar-refractivity contribution >= 4 is 11.9 Å². The molecule has 1 fully saturated rings. The summed E-state index contributed by atoms with van der Waals surface area (Å²) in [5.41, 5.74) is -1.37. The number of carbonyl (C=O) groups is 2. The third-order valence-corrected chi connectivity index (χ3v) is 3.54. The van der Waals surface area contributed by atoms with E-state index in [0.29, 0.717) is 19.4 Å². The zero-order chi connectivity index (χ0) is 14.2. The van der Waals surface area contributed by atoms with Crippen LogP contribution >= 0.6 is 0 Å². The van der Waals surface area contributed by atoms with Crippen molar-refractivity contribution in [1.29, 1.82) is 0 Å². The van der Waals surface area contributed by atoms with Crippen LogP contribution in [-0.4, -0.2) is 39.1 Å². The predicted octanol–water partition coefficient (Wildman–Crippen LogP) is 1.61. The molecule has 2 N–H and O–H groups in total. The number of phenols is 1. The average molecular weight is 267 g/mol. The highest BCUT2D eigenvalue weighted by atomic mass is 19.1. The lowest BCUT2D eigenvalue weighted by Crippen LogP contribution is -2.50. The van der Waals surface area contributed by atoms with Crippen LogP contribution in [0.3, 0.4) is 0 Å². The molecule has 1 saturated heterocycles. The first kappa shape index (κ1) is 13.3. The van der Waals surface area contributed by atoms with Gasteiger partial charge in [0.1, 0.15) is 17.1 Å². The number of nitrogens with zero attached hydrogens (tertiary/aromatic N) is 1. The number of halogens is 1. The topological polar surface area (TPSA) is 77.8 Å². The molecule has 1 heterocycles. The van der Waals surface area contributed by atoms with E-state index < -0.39 is 29.0 Å². The molecular formula is C13H14FNO4. The smallest absolute Gasteiger partial charge is 0.329 e. The van der Waals surface area contributed by atoms with E-state index in [9.17, 15) is 24.2 Å². The first-order valence-corrected chi connectivity index (χ1v) is 5.90. The van der Waals surface area contributed by atoms with Gasteiger partial charge in [0.15, 0.2) is 0 Å². The van der Waals surface area contributed by atoms with Gasteiger partial charge in [0.2, 0.25) is 0 Å². The second-order valence-electron chi connectivity index (χ2n) is 4.80. The molecule has 1 unspecified atom stereocenters. The Balaban J connectivity index is 2.36. The second-order valence-corrected chi connectivity index (χ2v) is 4.80. The Kier molecular flexibility index (Phi) is 3.18. The number of hydrogen-bond donors (Lipinski definition) is 2. The molecule has 5 nitrogen and oxygen atoms in total. The number of phenolic OH excluding ortho intramolecular Hbond substituents is 1. The van der Waals surface area contributed by atoms with Gasteiger partial charge in [-0.2, -0.15) is 0 Å². The Hall–Kier alpha value is -2.11. The van der Waals surface area contributed by atoms with Crippen LogP contribution in [0, 0.1) is 5.82 Å². The molecule has 1 aliphatic rings. The first-order chi connectivity index (χ1) is 8.86. The molecule has 19 heavy (non-hydrogen) atoms. The van der Waals surface area contributed by atoms with Gasteiger partial charge in [0.25, 0.3) is 5.91 Å². The summed E-state index contributed by atoms with van der Waals surface area (Å²) in [4.78, 5) is 24.8. The number of carboxylic acids is 1. The Morgan fingerprint density at radius 3 is 2.68 bits per heavy atom. The van der Waals surface area contributed by atoms with Gasteiger partial charge in [0, 0.05) is 12.6 Å².